The van der Waals surface area contributed by atoms with Crippen molar-refractivity contribution in [1.29, 1.82) is 0 Å². The smallest absolute Gasteiger partial charge is 0.387 e. The lowest BCUT2D eigenvalue weighted by atomic mass is 10.1. The Kier molecular flexibility index (Phi) is 4.52. The molecular formula is C23H27F2N5O. The number of pyridine rings is 1. The van der Waals surface area contributed by atoms with Crippen LogP contribution in [0.3, 0.4) is 0 Å². The lowest BCUT2D eigenvalue weighted by Gasteiger charge is -2.24. The molecule has 3 aliphatic carbocycles. The number of likely N-dealkylation sites (tertiary alicyclic amines) is 1. The van der Waals surface area contributed by atoms with Crippen molar-refractivity contribution >= 4 is 11.4 Å². The van der Waals surface area contributed by atoms with E-state index in [0.29, 0.717) is 23.4 Å². The van der Waals surface area contributed by atoms with Crippen LogP contribution in [0.25, 0.3) is 16.8 Å². The summed E-state index contributed by atoms with van der Waals surface area (Å²) >= 11 is 0. The first-order chi connectivity index (χ1) is 15.1. The van der Waals surface area contributed by atoms with Crippen LogP contribution in [0.2, 0.25) is 0 Å². The van der Waals surface area contributed by atoms with Crippen molar-refractivity contribution in [2.24, 2.45) is 11.8 Å². The molecule has 0 radical (unpaired) electrons. The standard InChI is InChI=1S/C23H27F2N5O/c24-23(25)31-20-7-14(11-27-22(20)26)18-10-19(30(28-18)12-13-3-4-13)21-16-8-15(9-17(16)21)29-5-1-2-6-29/h7,10-11,13,15-16,23H,1-6,8-9,12H2,(H2,26,27)/t15-,16+/m0/s1. The van der Waals surface area contributed by atoms with Crippen molar-refractivity contribution in [2.75, 3.05) is 18.8 Å². The number of halogens is 2. The molecule has 6 rings (SSSR count). The van der Waals surface area contributed by atoms with Crippen LogP contribution in [0.15, 0.2) is 23.9 Å². The molecule has 8 heteroatoms. The highest BCUT2D eigenvalue weighted by atomic mass is 19.3. The summed E-state index contributed by atoms with van der Waals surface area (Å²) in [5.74, 6) is 1.13. The summed E-state index contributed by atoms with van der Waals surface area (Å²) in [5, 5.41) is 4.84. The van der Waals surface area contributed by atoms with Gasteiger partial charge in [-0.3, -0.25) is 4.68 Å². The SMILES string of the molecule is Nc1ncc(-c2cc(C3=C4C[C@@H](N5CCCC5)C[C@H]43)n(CC3CC3)n2)cc1OC(F)F. The van der Waals surface area contributed by atoms with Crippen LogP contribution >= 0.6 is 0 Å². The largest absolute Gasteiger partial charge is 0.431 e. The molecule has 0 aromatic carbocycles. The number of alkyl halides is 2. The molecule has 2 aromatic heterocycles. The molecule has 0 unspecified atom stereocenters. The molecule has 6 nitrogen and oxygen atoms in total. The normalized spacial score (nSPS) is 25.5. The number of ether oxygens (including phenoxy) is 1. The van der Waals surface area contributed by atoms with Crippen LogP contribution < -0.4 is 10.5 Å². The molecular weight excluding hydrogens is 400 g/mol. The van der Waals surface area contributed by atoms with Gasteiger partial charge in [-0.25, -0.2) is 4.98 Å². The summed E-state index contributed by atoms with van der Waals surface area (Å²) in [6, 6.07) is 4.31. The molecule has 1 aliphatic heterocycles. The topological polar surface area (TPSA) is 69.2 Å². The fourth-order valence-electron chi connectivity index (χ4n) is 5.41. The van der Waals surface area contributed by atoms with E-state index < -0.39 is 6.61 Å². The minimum atomic E-state index is -2.94. The van der Waals surface area contributed by atoms with Gasteiger partial charge in [-0.05, 0) is 75.2 Å². The molecule has 3 fully saturated rings. The number of allylic oxidation sites excluding steroid dienone is 1. The third kappa shape index (κ3) is 3.60. The Bertz CT molecular complexity index is 1040. The van der Waals surface area contributed by atoms with Gasteiger partial charge in [0.05, 0.1) is 11.4 Å². The average Bonchev–Trinajstić information content (AvgIpc) is 3.42. The summed E-state index contributed by atoms with van der Waals surface area (Å²) < 4.78 is 32.1. The third-order valence-corrected chi connectivity index (χ3v) is 7.23. The van der Waals surface area contributed by atoms with E-state index in [1.54, 1.807) is 11.8 Å². The highest BCUT2D eigenvalue weighted by molar-refractivity contribution is 5.87. The Morgan fingerprint density at radius 3 is 2.68 bits per heavy atom. The Morgan fingerprint density at radius 2 is 2.00 bits per heavy atom. The first kappa shape index (κ1) is 19.2. The van der Waals surface area contributed by atoms with Crippen molar-refractivity contribution < 1.29 is 13.5 Å². The lowest BCUT2D eigenvalue weighted by Crippen LogP contribution is -2.30. The Hall–Kier alpha value is -2.48. The summed E-state index contributed by atoms with van der Waals surface area (Å²) in [7, 11) is 0. The maximum Gasteiger partial charge on any atom is 0.387 e. The number of nitrogens with two attached hydrogens (primary N) is 1. The predicted octanol–water partition coefficient (Wildman–Crippen LogP) is 4.18. The minimum Gasteiger partial charge on any atom is -0.431 e. The monoisotopic (exact) mass is 427 g/mol. The van der Waals surface area contributed by atoms with Gasteiger partial charge in [-0.2, -0.15) is 13.9 Å². The zero-order valence-corrected chi connectivity index (χ0v) is 17.4. The van der Waals surface area contributed by atoms with Crippen molar-refractivity contribution in [2.45, 2.75) is 57.7 Å². The second kappa shape index (κ2) is 7.29. The van der Waals surface area contributed by atoms with E-state index in [1.807, 2.05) is 0 Å². The van der Waals surface area contributed by atoms with Crippen molar-refractivity contribution in [1.82, 2.24) is 19.7 Å². The molecule has 2 aromatic rings. The fraction of sp³-hybridized carbons (Fsp3) is 0.565. The Labute approximate surface area is 180 Å². The summed E-state index contributed by atoms with van der Waals surface area (Å²) in [4.78, 5) is 6.71. The second-order valence-corrected chi connectivity index (χ2v) is 9.35. The molecule has 31 heavy (non-hydrogen) atoms. The highest BCUT2D eigenvalue weighted by Gasteiger charge is 2.48. The third-order valence-electron chi connectivity index (χ3n) is 7.23. The van der Waals surface area contributed by atoms with E-state index in [0.717, 1.165) is 12.2 Å². The van der Waals surface area contributed by atoms with E-state index in [4.69, 9.17) is 10.8 Å². The molecule has 0 bridgehead atoms. The Morgan fingerprint density at radius 1 is 1.19 bits per heavy atom. The molecule has 3 heterocycles. The summed E-state index contributed by atoms with van der Waals surface area (Å²) in [5.41, 5.74) is 11.3. The van der Waals surface area contributed by atoms with Gasteiger partial charge in [0, 0.05) is 30.3 Å². The van der Waals surface area contributed by atoms with Gasteiger partial charge in [0.2, 0.25) is 0 Å². The number of aromatic nitrogens is 3. The minimum absolute atomic E-state index is 0.0451. The molecule has 4 aliphatic rings. The van der Waals surface area contributed by atoms with Crippen LogP contribution in [0.5, 0.6) is 5.75 Å². The maximum absolute atomic E-state index is 12.7. The van der Waals surface area contributed by atoms with Gasteiger partial charge in [-0.15, -0.1) is 0 Å². The van der Waals surface area contributed by atoms with Gasteiger partial charge >= 0.3 is 6.61 Å². The zero-order valence-electron chi connectivity index (χ0n) is 17.4. The molecule has 2 saturated carbocycles. The predicted molar refractivity (Wildman–Crippen MR) is 113 cm³/mol. The van der Waals surface area contributed by atoms with Crippen molar-refractivity contribution in [3.63, 3.8) is 0 Å². The van der Waals surface area contributed by atoms with E-state index in [1.165, 1.54) is 68.9 Å². The number of fused-ring (bicyclic) bond motifs is 1. The maximum atomic E-state index is 12.7. The summed E-state index contributed by atoms with van der Waals surface area (Å²) in [6.07, 6.45) is 9.14. The van der Waals surface area contributed by atoms with Crippen molar-refractivity contribution in [3.8, 4) is 17.0 Å². The molecule has 2 N–H and O–H groups in total. The van der Waals surface area contributed by atoms with Gasteiger partial charge < -0.3 is 15.4 Å². The van der Waals surface area contributed by atoms with Gasteiger partial charge in [0.15, 0.2) is 11.6 Å². The van der Waals surface area contributed by atoms with Crippen LogP contribution in [0.4, 0.5) is 14.6 Å². The van der Waals surface area contributed by atoms with E-state index in [9.17, 15) is 8.78 Å². The van der Waals surface area contributed by atoms with Gasteiger partial charge in [0.1, 0.15) is 0 Å². The van der Waals surface area contributed by atoms with E-state index >= 15 is 0 Å². The van der Waals surface area contributed by atoms with Gasteiger partial charge in [-0.1, -0.05) is 5.57 Å². The zero-order chi connectivity index (χ0) is 21.1. The average molecular weight is 427 g/mol. The van der Waals surface area contributed by atoms with Crippen molar-refractivity contribution in [3.05, 3.63) is 29.6 Å². The number of hydrogen-bond acceptors (Lipinski definition) is 5. The highest BCUT2D eigenvalue weighted by Crippen LogP contribution is 2.58. The van der Waals surface area contributed by atoms with Crippen LogP contribution in [0.1, 0.15) is 44.2 Å². The van der Waals surface area contributed by atoms with E-state index in [-0.39, 0.29) is 11.6 Å². The quantitative estimate of drug-likeness (QED) is 0.718. The number of hydrogen-bond donors (Lipinski definition) is 1. The molecule has 2 atom stereocenters. The van der Waals surface area contributed by atoms with E-state index in [2.05, 4.69) is 25.4 Å². The van der Waals surface area contributed by atoms with Crippen LogP contribution in [-0.4, -0.2) is 45.4 Å². The fourth-order valence-corrected chi connectivity index (χ4v) is 5.41. The number of nitrogen functional groups attached to an aromatic ring is 1. The second-order valence-electron chi connectivity index (χ2n) is 9.35. The number of rotatable bonds is 7. The first-order valence-corrected chi connectivity index (χ1v) is 11.3. The molecule has 164 valence electrons. The van der Waals surface area contributed by atoms with Crippen LogP contribution in [0, 0.1) is 11.8 Å². The summed E-state index contributed by atoms with van der Waals surface area (Å²) in [6.45, 7) is 0.467. The first-order valence-electron chi connectivity index (χ1n) is 11.3. The molecule has 1 saturated heterocycles. The van der Waals surface area contributed by atoms with Gasteiger partial charge in [0.25, 0.3) is 0 Å². The molecule has 0 spiro atoms. The molecule has 0 amide bonds. The number of anilines is 1. The Balaban J connectivity index is 1.29. The lowest BCUT2D eigenvalue weighted by molar-refractivity contribution is -0.0494. The van der Waals surface area contributed by atoms with Crippen LogP contribution in [-0.2, 0) is 6.54 Å². The number of nitrogens with zero attached hydrogens (tertiary/aromatic N) is 4.